The van der Waals surface area contributed by atoms with E-state index in [1.54, 1.807) is 11.0 Å². The Morgan fingerprint density at radius 1 is 1.14 bits per heavy atom. The molecule has 1 atom stereocenters. The Hall–Kier alpha value is -3.13. The number of carbonyl (C=O) groups is 3. The van der Waals surface area contributed by atoms with Crippen LogP contribution in [0.25, 0.3) is 0 Å². The van der Waals surface area contributed by atoms with Crippen LogP contribution in [0.4, 0.5) is 0 Å². The molecule has 1 fully saturated rings. The van der Waals surface area contributed by atoms with E-state index < -0.39 is 6.04 Å². The molecule has 0 bridgehead atoms. The second-order valence-electron chi connectivity index (χ2n) is 6.77. The Balaban J connectivity index is 1.75. The van der Waals surface area contributed by atoms with Gasteiger partial charge < -0.3 is 24.7 Å². The van der Waals surface area contributed by atoms with Gasteiger partial charge in [-0.15, -0.1) is 0 Å². The molecule has 1 aromatic carbocycles. The van der Waals surface area contributed by atoms with Gasteiger partial charge in [-0.3, -0.25) is 14.4 Å². The first-order chi connectivity index (χ1) is 14.1. The van der Waals surface area contributed by atoms with Crippen LogP contribution in [0.15, 0.2) is 53.3 Å². The summed E-state index contributed by atoms with van der Waals surface area (Å²) in [4.78, 5) is 39.3. The van der Waals surface area contributed by atoms with E-state index >= 15 is 0 Å². The number of nitrogens with one attached hydrogen (secondary N) is 2. The highest BCUT2D eigenvalue weighted by atomic mass is 16.5. The van der Waals surface area contributed by atoms with Crippen LogP contribution in [0.5, 0.6) is 0 Å². The molecule has 8 nitrogen and oxygen atoms in total. The molecule has 1 aromatic heterocycles. The van der Waals surface area contributed by atoms with Crippen LogP contribution in [0.2, 0.25) is 0 Å². The molecule has 0 radical (unpaired) electrons. The van der Waals surface area contributed by atoms with Gasteiger partial charge in [-0.2, -0.15) is 0 Å². The van der Waals surface area contributed by atoms with Crippen LogP contribution >= 0.6 is 0 Å². The first kappa shape index (κ1) is 20.6. The number of hydrogen-bond acceptors (Lipinski definition) is 5. The summed E-state index contributed by atoms with van der Waals surface area (Å²) in [7, 11) is 0. The van der Waals surface area contributed by atoms with Crippen molar-refractivity contribution in [1.29, 1.82) is 0 Å². The van der Waals surface area contributed by atoms with Crippen molar-refractivity contribution in [2.45, 2.75) is 18.9 Å². The van der Waals surface area contributed by atoms with E-state index in [1.165, 1.54) is 12.5 Å². The maximum absolute atomic E-state index is 13.3. The van der Waals surface area contributed by atoms with Gasteiger partial charge in [-0.05, 0) is 11.6 Å². The van der Waals surface area contributed by atoms with E-state index in [4.69, 9.17) is 9.15 Å². The van der Waals surface area contributed by atoms with Gasteiger partial charge in [-0.25, -0.2) is 0 Å². The number of amides is 3. The van der Waals surface area contributed by atoms with Crippen molar-refractivity contribution < 1.29 is 23.5 Å². The van der Waals surface area contributed by atoms with Crippen molar-refractivity contribution in [2.75, 3.05) is 32.8 Å². The maximum Gasteiger partial charge on any atom is 0.255 e. The van der Waals surface area contributed by atoms with E-state index in [-0.39, 0.29) is 30.7 Å². The lowest BCUT2D eigenvalue weighted by atomic mass is 10.0. The Kier molecular flexibility index (Phi) is 7.40. The summed E-state index contributed by atoms with van der Waals surface area (Å²) in [6.07, 6.45) is 3.29. The zero-order chi connectivity index (χ0) is 20.5. The first-order valence-electron chi connectivity index (χ1n) is 9.63. The lowest BCUT2D eigenvalue weighted by molar-refractivity contribution is -0.135. The third-order valence-electron chi connectivity index (χ3n) is 4.66. The minimum atomic E-state index is -0.772. The number of hydrogen-bond donors (Lipinski definition) is 2. The molecule has 0 spiro atoms. The second kappa shape index (κ2) is 10.4. The van der Waals surface area contributed by atoms with E-state index in [2.05, 4.69) is 10.6 Å². The SMILES string of the molecule is O=C1CCN(C(=O)C(Cc2ccccc2)NC(=O)c2ccoc2)CCOCCN1. The predicted octanol–water partition coefficient (Wildman–Crippen LogP) is 0.986. The van der Waals surface area contributed by atoms with E-state index in [0.717, 1.165) is 5.56 Å². The maximum atomic E-state index is 13.3. The van der Waals surface area contributed by atoms with Gasteiger partial charge in [0.2, 0.25) is 11.8 Å². The summed E-state index contributed by atoms with van der Waals surface area (Å²) in [5, 5.41) is 5.56. The minimum Gasteiger partial charge on any atom is -0.472 e. The number of carbonyl (C=O) groups excluding carboxylic acids is 3. The summed E-state index contributed by atoms with van der Waals surface area (Å²) in [5.74, 6) is -0.763. The molecule has 1 aliphatic heterocycles. The third kappa shape index (κ3) is 6.18. The van der Waals surface area contributed by atoms with Crippen molar-refractivity contribution in [3.05, 3.63) is 60.1 Å². The number of ether oxygens (including phenoxy) is 1. The molecule has 1 unspecified atom stereocenters. The molecule has 2 aromatic rings. The Morgan fingerprint density at radius 2 is 1.97 bits per heavy atom. The molecule has 1 aliphatic rings. The number of benzene rings is 1. The van der Waals surface area contributed by atoms with Crippen LogP contribution in [-0.2, 0) is 20.7 Å². The monoisotopic (exact) mass is 399 g/mol. The van der Waals surface area contributed by atoms with E-state index in [1.807, 2.05) is 30.3 Å². The van der Waals surface area contributed by atoms with Crippen LogP contribution in [0.1, 0.15) is 22.3 Å². The molecule has 1 saturated heterocycles. The molecular weight excluding hydrogens is 374 g/mol. The van der Waals surface area contributed by atoms with E-state index in [0.29, 0.717) is 38.3 Å². The molecule has 29 heavy (non-hydrogen) atoms. The molecule has 0 saturated carbocycles. The van der Waals surface area contributed by atoms with Crippen LogP contribution in [0, 0.1) is 0 Å². The summed E-state index contributed by atoms with van der Waals surface area (Å²) >= 11 is 0. The van der Waals surface area contributed by atoms with Crippen molar-refractivity contribution in [2.24, 2.45) is 0 Å². The average molecular weight is 399 g/mol. The molecule has 8 heteroatoms. The van der Waals surface area contributed by atoms with Gasteiger partial charge >= 0.3 is 0 Å². The van der Waals surface area contributed by atoms with Crippen LogP contribution in [0.3, 0.4) is 0 Å². The van der Waals surface area contributed by atoms with Crippen LogP contribution in [-0.4, -0.2) is 61.5 Å². The van der Waals surface area contributed by atoms with Crippen molar-refractivity contribution >= 4 is 17.7 Å². The van der Waals surface area contributed by atoms with Crippen molar-refractivity contribution in [1.82, 2.24) is 15.5 Å². The van der Waals surface area contributed by atoms with E-state index in [9.17, 15) is 14.4 Å². The fourth-order valence-corrected chi connectivity index (χ4v) is 3.10. The Bertz CT molecular complexity index is 807. The highest BCUT2D eigenvalue weighted by molar-refractivity contribution is 5.97. The Morgan fingerprint density at radius 3 is 2.72 bits per heavy atom. The average Bonchev–Trinajstić information content (AvgIpc) is 3.28. The fraction of sp³-hybridized carbons (Fsp3) is 0.381. The minimum absolute atomic E-state index is 0.129. The lowest BCUT2D eigenvalue weighted by Gasteiger charge is -2.28. The van der Waals surface area contributed by atoms with Crippen molar-refractivity contribution in [3.63, 3.8) is 0 Å². The predicted molar refractivity (Wildman–Crippen MR) is 105 cm³/mol. The van der Waals surface area contributed by atoms with Crippen LogP contribution < -0.4 is 10.6 Å². The zero-order valence-electron chi connectivity index (χ0n) is 16.1. The first-order valence-corrected chi connectivity index (χ1v) is 9.63. The summed E-state index contributed by atoms with van der Waals surface area (Å²) in [6, 6.07) is 10.2. The molecule has 3 amide bonds. The normalized spacial score (nSPS) is 16.6. The fourth-order valence-electron chi connectivity index (χ4n) is 3.10. The Labute approximate surface area is 169 Å². The summed E-state index contributed by atoms with van der Waals surface area (Å²) < 4.78 is 10.4. The van der Waals surface area contributed by atoms with Gasteiger partial charge in [0.25, 0.3) is 5.91 Å². The van der Waals surface area contributed by atoms with Crippen molar-refractivity contribution in [3.8, 4) is 0 Å². The zero-order valence-corrected chi connectivity index (χ0v) is 16.1. The summed E-state index contributed by atoms with van der Waals surface area (Å²) in [5.41, 5.74) is 1.27. The quantitative estimate of drug-likeness (QED) is 0.781. The smallest absolute Gasteiger partial charge is 0.255 e. The number of furan rings is 1. The standard InChI is InChI=1S/C21H25N3O5/c25-19-6-9-24(10-13-28-12-8-22-19)21(27)18(14-16-4-2-1-3-5-16)23-20(26)17-7-11-29-15-17/h1-5,7,11,15,18H,6,8-10,12-14H2,(H,22,25)(H,23,26). The third-order valence-corrected chi connectivity index (χ3v) is 4.66. The van der Waals surface area contributed by atoms with Gasteiger partial charge in [0.1, 0.15) is 12.3 Å². The topological polar surface area (TPSA) is 101 Å². The highest BCUT2D eigenvalue weighted by Crippen LogP contribution is 2.09. The molecule has 2 N–H and O–H groups in total. The van der Waals surface area contributed by atoms with Gasteiger partial charge in [-0.1, -0.05) is 30.3 Å². The molecule has 0 aliphatic carbocycles. The largest absolute Gasteiger partial charge is 0.472 e. The molecule has 3 rings (SSSR count). The molecule has 154 valence electrons. The van der Waals surface area contributed by atoms with Gasteiger partial charge in [0.05, 0.1) is 25.0 Å². The number of rotatable bonds is 5. The lowest BCUT2D eigenvalue weighted by Crippen LogP contribution is -2.51. The summed E-state index contributed by atoms with van der Waals surface area (Å²) in [6.45, 7) is 1.86. The molecule has 2 heterocycles. The second-order valence-corrected chi connectivity index (χ2v) is 6.77. The molecular formula is C21H25N3O5. The highest BCUT2D eigenvalue weighted by Gasteiger charge is 2.27. The van der Waals surface area contributed by atoms with Gasteiger partial charge in [0, 0.05) is 32.5 Å². The number of nitrogens with zero attached hydrogens (tertiary/aromatic N) is 1. The van der Waals surface area contributed by atoms with Gasteiger partial charge in [0.15, 0.2) is 0 Å².